The van der Waals surface area contributed by atoms with E-state index in [9.17, 15) is 14.1 Å². The first-order valence-electron chi connectivity index (χ1n) is 6.05. The number of hydrogen-bond acceptors (Lipinski definition) is 3. The molecular formula is C15H15NO3S. The number of benzene rings is 2. The summed E-state index contributed by atoms with van der Waals surface area (Å²) in [5.74, 6) is -0.518. The van der Waals surface area contributed by atoms with Crippen molar-refractivity contribution in [3.8, 4) is 0 Å². The molecule has 0 aliphatic rings. The molecule has 2 rings (SSSR count). The second-order valence-electron chi connectivity index (χ2n) is 4.28. The molecule has 0 saturated heterocycles. The third-order valence-electron chi connectivity index (χ3n) is 2.80. The predicted molar refractivity (Wildman–Crippen MR) is 78.8 cm³/mol. The lowest BCUT2D eigenvalue weighted by atomic mass is 10.1. The Kier molecular flexibility index (Phi) is 4.65. The third-order valence-corrected chi connectivity index (χ3v) is 3.71. The SMILES string of the molecule is CS(=O)c1cccc(NC(=O)C(O)c2ccccc2)c1. The van der Waals surface area contributed by atoms with Gasteiger partial charge in [-0.1, -0.05) is 36.4 Å². The molecule has 0 aliphatic carbocycles. The van der Waals surface area contributed by atoms with Crippen LogP contribution in [0.4, 0.5) is 5.69 Å². The van der Waals surface area contributed by atoms with Crippen LogP contribution in [0.2, 0.25) is 0 Å². The molecule has 0 saturated carbocycles. The maximum atomic E-state index is 12.0. The lowest BCUT2D eigenvalue weighted by Gasteiger charge is -2.12. The van der Waals surface area contributed by atoms with Crippen molar-refractivity contribution in [2.24, 2.45) is 0 Å². The second kappa shape index (κ2) is 6.45. The molecule has 0 radical (unpaired) electrons. The van der Waals surface area contributed by atoms with Crippen molar-refractivity contribution in [1.82, 2.24) is 0 Å². The number of rotatable bonds is 4. The van der Waals surface area contributed by atoms with Gasteiger partial charge in [0.2, 0.25) is 0 Å². The van der Waals surface area contributed by atoms with Crippen LogP contribution in [0, 0.1) is 0 Å². The highest BCUT2D eigenvalue weighted by atomic mass is 32.2. The first-order chi connectivity index (χ1) is 9.58. The molecule has 0 aliphatic heterocycles. The van der Waals surface area contributed by atoms with E-state index in [2.05, 4.69) is 5.32 Å². The Morgan fingerprint density at radius 2 is 1.85 bits per heavy atom. The average molecular weight is 289 g/mol. The third kappa shape index (κ3) is 3.53. The Labute approximate surface area is 119 Å². The molecule has 0 fully saturated rings. The molecule has 0 spiro atoms. The highest BCUT2D eigenvalue weighted by Gasteiger charge is 2.17. The topological polar surface area (TPSA) is 66.4 Å². The van der Waals surface area contributed by atoms with Gasteiger partial charge in [-0.2, -0.15) is 0 Å². The molecule has 2 unspecified atom stereocenters. The fraction of sp³-hybridized carbons (Fsp3) is 0.133. The molecule has 0 bridgehead atoms. The maximum absolute atomic E-state index is 12.0. The van der Waals surface area contributed by atoms with E-state index in [-0.39, 0.29) is 0 Å². The predicted octanol–water partition coefficient (Wildman–Crippen LogP) is 2.10. The van der Waals surface area contributed by atoms with Crippen molar-refractivity contribution in [3.63, 3.8) is 0 Å². The van der Waals surface area contributed by atoms with Crippen molar-refractivity contribution >= 4 is 22.4 Å². The van der Waals surface area contributed by atoms with Gasteiger partial charge in [0.15, 0.2) is 6.10 Å². The van der Waals surface area contributed by atoms with E-state index in [1.807, 2.05) is 6.07 Å². The van der Waals surface area contributed by atoms with Crippen LogP contribution in [0.5, 0.6) is 0 Å². The number of hydrogen-bond donors (Lipinski definition) is 2. The van der Waals surface area contributed by atoms with Crippen LogP contribution < -0.4 is 5.32 Å². The zero-order valence-electron chi connectivity index (χ0n) is 10.9. The number of nitrogens with one attached hydrogen (secondary N) is 1. The van der Waals surface area contributed by atoms with Crippen molar-refractivity contribution in [2.75, 3.05) is 11.6 Å². The van der Waals surface area contributed by atoms with E-state index in [0.717, 1.165) is 0 Å². The standard InChI is InChI=1S/C15H15NO3S/c1-20(19)13-9-5-8-12(10-13)16-15(18)14(17)11-6-3-2-4-7-11/h2-10,14,17H,1H3,(H,16,18). The monoisotopic (exact) mass is 289 g/mol. The lowest BCUT2D eigenvalue weighted by molar-refractivity contribution is -0.124. The molecule has 2 N–H and O–H groups in total. The molecule has 2 aromatic rings. The van der Waals surface area contributed by atoms with Crippen molar-refractivity contribution in [3.05, 3.63) is 60.2 Å². The number of carbonyl (C=O) groups is 1. The summed E-state index contributed by atoms with van der Waals surface area (Å²) in [6, 6.07) is 15.4. The summed E-state index contributed by atoms with van der Waals surface area (Å²) in [7, 11) is -1.11. The minimum absolute atomic E-state index is 0.512. The van der Waals surface area contributed by atoms with Crippen LogP contribution in [0.1, 0.15) is 11.7 Å². The molecule has 2 atom stereocenters. The first-order valence-corrected chi connectivity index (χ1v) is 7.61. The smallest absolute Gasteiger partial charge is 0.257 e. The minimum Gasteiger partial charge on any atom is -0.378 e. The van der Waals surface area contributed by atoms with E-state index in [0.29, 0.717) is 16.1 Å². The Morgan fingerprint density at radius 3 is 2.50 bits per heavy atom. The average Bonchev–Trinajstić information content (AvgIpc) is 2.47. The number of aliphatic hydroxyl groups excluding tert-OH is 1. The van der Waals surface area contributed by atoms with Gasteiger partial charge in [-0.25, -0.2) is 0 Å². The van der Waals surface area contributed by atoms with Gasteiger partial charge in [-0.3, -0.25) is 9.00 Å². The van der Waals surface area contributed by atoms with Gasteiger partial charge < -0.3 is 10.4 Å². The molecular weight excluding hydrogens is 274 g/mol. The van der Waals surface area contributed by atoms with E-state index in [1.165, 1.54) is 0 Å². The van der Waals surface area contributed by atoms with Crippen LogP contribution in [0.25, 0.3) is 0 Å². The highest BCUT2D eigenvalue weighted by molar-refractivity contribution is 7.84. The zero-order valence-corrected chi connectivity index (χ0v) is 11.8. The molecule has 0 aromatic heterocycles. The van der Waals surface area contributed by atoms with Crippen molar-refractivity contribution in [1.29, 1.82) is 0 Å². The van der Waals surface area contributed by atoms with E-state index >= 15 is 0 Å². The number of anilines is 1. The Hall–Kier alpha value is -1.98. The van der Waals surface area contributed by atoms with E-state index < -0.39 is 22.8 Å². The van der Waals surface area contributed by atoms with Crippen LogP contribution >= 0.6 is 0 Å². The summed E-state index contributed by atoms with van der Waals surface area (Å²) in [6.45, 7) is 0. The lowest BCUT2D eigenvalue weighted by Crippen LogP contribution is -2.20. The number of carbonyl (C=O) groups excluding carboxylic acids is 1. The Balaban J connectivity index is 2.12. The van der Waals surface area contributed by atoms with Gasteiger partial charge in [-0.05, 0) is 23.8 Å². The van der Waals surface area contributed by atoms with Crippen LogP contribution in [0.15, 0.2) is 59.5 Å². The van der Waals surface area contributed by atoms with E-state index in [1.54, 1.807) is 54.8 Å². The van der Waals surface area contributed by atoms with Gasteiger partial charge >= 0.3 is 0 Å². The quantitative estimate of drug-likeness (QED) is 0.905. The highest BCUT2D eigenvalue weighted by Crippen LogP contribution is 2.17. The van der Waals surface area contributed by atoms with Crippen molar-refractivity contribution in [2.45, 2.75) is 11.0 Å². The summed E-state index contributed by atoms with van der Waals surface area (Å²) in [5.41, 5.74) is 1.04. The molecule has 0 heterocycles. The molecule has 5 heteroatoms. The summed E-state index contributed by atoms with van der Waals surface area (Å²) in [5, 5.41) is 12.6. The summed E-state index contributed by atoms with van der Waals surface area (Å²) >= 11 is 0. The minimum atomic E-state index is -1.23. The number of amides is 1. The van der Waals surface area contributed by atoms with Crippen LogP contribution in [0.3, 0.4) is 0 Å². The maximum Gasteiger partial charge on any atom is 0.257 e. The van der Waals surface area contributed by atoms with Gasteiger partial charge in [0, 0.05) is 27.6 Å². The van der Waals surface area contributed by atoms with Gasteiger partial charge in [0.05, 0.1) is 0 Å². The normalized spacial score (nSPS) is 13.5. The van der Waals surface area contributed by atoms with Gasteiger partial charge in [-0.15, -0.1) is 0 Å². The van der Waals surface area contributed by atoms with Crippen molar-refractivity contribution < 1.29 is 14.1 Å². The second-order valence-corrected chi connectivity index (χ2v) is 5.66. The Bertz CT molecular complexity index is 628. The van der Waals surface area contributed by atoms with Crippen LogP contribution in [-0.4, -0.2) is 21.5 Å². The fourth-order valence-electron chi connectivity index (χ4n) is 1.75. The Morgan fingerprint density at radius 1 is 1.15 bits per heavy atom. The summed E-state index contributed by atoms with van der Waals surface area (Å²) in [6.07, 6.45) is 0.340. The zero-order chi connectivity index (χ0) is 14.5. The molecule has 2 aromatic carbocycles. The first kappa shape index (κ1) is 14.4. The largest absolute Gasteiger partial charge is 0.378 e. The molecule has 20 heavy (non-hydrogen) atoms. The van der Waals surface area contributed by atoms with Crippen LogP contribution in [-0.2, 0) is 15.6 Å². The van der Waals surface area contributed by atoms with Gasteiger partial charge in [0.1, 0.15) is 0 Å². The van der Waals surface area contributed by atoms with E-state index in [4.69, 9.17) is 0 Å². The fourth-order valence-corrected chi connectivity index (χ4v) is 2.31. The molecule has 104 valence electrons. The molecule has 4 nitrogen and oxygen atoms in total. The molecule has 1 amide bonds. The summed E-state index contributed by atoms with van der Waals surface area (Å²) in [4.78, 5) is 12.6. The summed E-state index contributed by atoms with van der Waals surface area (Å²) < 4.78 is 11.4. The number of aliphatic hydroxyl groups is 1. The van der Waals surface area contributed by atoms with Gasteiger partial charge in [0.25, 0.3) is 5.91 Å².